The Hall–Kier alpha value is -1.83. The Labute approximate surface area is 100 Å². The fraction of sp³-hybridized carbons (Fsp3) is 0.400. The second kappa shape index (κ2) is 5.21. The van der Waals surface area contributed by atoms with Crippen molar-refractivity contribution in [1.29, 1.82) is 0 Å². The van der Waals surface area contributed by atoms with Crippen LogP contribution < -0.4 is 10.5 Å². The smallest absolute Gasteiger partial charge is 0.481 e. The zero-order chi connectivity index (χ0) is 13.9. The molecule has 1 aromatic heterocycles. The number of nitrogens with zero attached hydrogens (tertiary/aromatic N) is 1. The summed E-state index contributed by atoms with van der Waals surface area (Å²) >= 11 is 0. The first-order valence-corrected chi connectivity index (χ1v) is 4.89. The second-order valence-electron chi connectivity index (χ2n) is 3.50. The van der Waals surface area contributed by atoms with Gasteiger partial charge in [-0.05, 0) is 12.5 Å². The third kappa shape index (κ3) is 3.59. The lowest BCUT2D eigenvalue weighted by molar-refractivity contribution is -0.275. The van der Waals surface area contributed by atoms with Gasteiger partial charge in [0.25, 0.3) is 0 Å². The largest absolute Gasteiger partial charge is 0.573 e. The molecule has 0 unspecified atom stereocenters. The first-order valence-electron chi connectivity index (χ1n) is 4.89. The average Bonchev–Trinajstić information content (AvgIpc) is 2.20. The molecule has 0 saturated carbocycles. The van der Waals surface area contributed by atoms with Crippen LogP contribution in [0.3, 0.4) is 0 Å². The Kier molecular flexibility index (Phi) is 4.12. The Balaban J connectivity index is 3.25. The number of pyridine rings is 1. The highest BCUT2D eigenvalue weighted by Gasteiger charge is 2.33. The summed E-state index contributed by atoms with van der Waals surface area (Å²) in [6.07, 6.45) is -4.15. The van der Waals surface area contributed by atoms with Crippen molar-refractivity contribution in [3.8, 4) is 5.75 Å². The van der Waals surface area contributed by atoms with Gasteiger partial charge in [-0.3, -0.25) is 9.78 Å². The maximum atomic E-state index is 12.2. The molecule has 0 saturated heterocycles. The number of aliphatic carboxylic acids is 1. The van der Waals surface area contributed by atoms with Crippen LogP contribution in [0.2, 0.25) is 0 Å². The Morgan fingerprint density at radius 1 is 1.56 bits per heavy atom. The van der Waals surface area contributed by atoms with Gasteiger partial charge in [-0.2, -0.15) is 0 Å². The van der Waals surface area contributed by atoms with Gasteiger partial charge in [-0.15, -0.1) is 13.2 Å². The number of rotatable bonds is 4. The van der Waals surface area contributed by atoms with Gasteiger partial charge in [0, 0.05) is 18.3 Å². The van der Waals surface area contributed by atoms with E-state index in [1.807, 2.05) is 0 Å². The Morgan fingerprint density at radius 3 is 2.61 bits per heavy atom. The van der Waals surface area contributed by atoms with Crippen LogP contribution in [0, 0.1) is 6.92 Å². The van der Waals surface area contributed by atoms with Crippen molar-refractivity contribution in [2.45, 2.75) is 26.3 Å². The first kappa shape index (κ1) is 14.2. The third-order valence-electron chi connectivity index (χ3n) is 2.17. The molecule has 0 aliphatic carbocycles. The summed E-state index contributed by atoms with van der Waals surface area (Å²) < 4.78 is 40.5. The van der Waals surface area contributed by atoms with Crippen LogP contribution in [0.5, 0.6) is 5.75 Å². The number of aryl methyl sites for hydroxylation is 1. The molecule has 0 radical (unpaired) electrons. The molecule has 0 amide bonds. The number of aromatic nitrogens is 1. The number of nitrogens with two attached hydrogens (primary N) is 1. The summed E-state index contributed by atoms with van der Waals surface area (Å²) in [5, 5.41) is 8.65. The predicted molar refractivity (Wildman–Crippen MR) is 54.9 cm³/mol. The van der Waals surface area contributed by atoms with E-state index in [1.165, 1.54) is 13.1 Å². The molecule has 3 N–H and O–H groups in total. The molecular weight excluding hydrogens is 253 g/mol. The van der Waals surface area contributed by atoms with Gasteiger partial charge in [0.15, 0.2) is 5.75 Å². The zero-order valence-electron chi connectivity index (χ0n) is 9.41. The van der Waals surface area contributed by atoms with Crippen molar-refractivity contribution >= 4 is 5.97 Å². The molecule has 0 fully saturated rings. The molecule has 0 bridgehead atoms. The molecule has 0 aromatic carbocycles. The topological polar surface area (TPSA) is 85.4 Å². The van der Waals surface area contributed by atoms with Gasteiger partial charge in [0.1, 0.15) is 0 Å². The second-order valence-corrected chi connectivity index (χ2v) is 3.50. The standard InChI is InChI=1S/C10H11F3N2O3/c1-5-9(18-10(11,12)13)7(3-14)6(4-15-5)2-8(16)17/h4H,2-3,14H2,1H3,(H,16,17). The fourth-order valence-electron chi connectivity index (χ4n) is 1.47. The van der Waals surface area contributed by atoms with E-state index in [1.54, 1.807) is 0 Å². The highest BCUT2D eigenvalue weighted by molar-refractivity contribution is 5.71. The number of carboxylic acid groups (broad SMARTS) is 1. The van der Waals surface area contributed by atoms with Gasteiger partial charge in [0.2, 0.25) is 0 Å². The van der Waals surface area contributed by atoms with E-state index >= 15 is 0 Å². The summed E-state index contributed by atoms with van der Waals surface area (Å²) in [6, 6.07) is 0. The molecule has 0 atom stereocenters. The minimum absolute atomic E-state index is 0.00177. The summed E-state index contributed by atoms with van der Waals surface area (Å²) in [4.78, 5) is 14.3. The lowest BCUT2D eigenvalue weighted by atomic mass is 10.1. The average molecular weight is 264 g/mol. The van der Waals surface area contributed by atoms with Gasteiger partial charge in [-0.1, -0.05) is 0 Å². The highest BCUT2D eigenvalue weighted by atomic mass is 19.4. The zero-order valence-corrected chi connectivity index (χ0v) is 9.41. The molecule has 8 heteroatoms. The van der Waals surface area contributed by atoms with Crippen LogP contribution in [0.15, 0.2) is 6.20 Å². The molecule has 1 rings (SSSR count). The molecule has 5 nitrogen and oxygen atoms in total. The van der Waals surface area contributed by atoms with Crippen molar-refractivity contribution in [2.24, 2.45) is 5.73 Å². The van der Waals surface area contributed by atoms with Gasteiger partial charge < -0.3 is 15.6 Å². The number of halogens is 3. The van der Waals surface area contributed by atoms with Crippen molar-refractivity contribution < 1.29 is 27.8 Å². The molecule has 18 heavy (non-hydrogen) atoms. The Bertz CT molecular complexity index is 460. The minimum atomic E-state index is -4.88. The first-order chi connectivity index (χ1) is 8.24. The number of alkyl halides is 3. The van der Waals surface area contributed by atoms with E-state index in [9.17, 15) is 18.0 Å². The molecule has 1 heterocycles. The Morgan fingerprint density at radius 2 is 2.17 bits per heavy atom. The summed E-state index contributed by atoms with van der Waals surface area (Å²) in [5.41, 5.74) is 5.46. The summed E-state index contributed by atoms with van der Waals surface area (Å²) in [5.74, 6) is -1.71. The number of hydrogen-bond donors (Lipinski definition) is 2. The van der Waals surface area contributed by atoms with E-state index in [-0.39, 0.29) is 23.4 Å². The van der Waals surface area contributed by atoms with E-state index in [0.29, 0.717) is 0 Å². The number of ether oxygens (including phenoxy) is 1. The summed E-state index contributed by atoms with van der Waals surface area (Å²) in [7, 11) is 0. The van der Waals surface area contributed by atoms with Crippen molar-refractivity contribution in [3.05, 3.63) is 23.0 Å². The van der Waals surface area contributed by atoms with E-state index in [0.717, 1.165) is 0 Å². The molecule has 0 aliphatic heterocycles. The molecule has 1 aromatic rings. The normalized spacial score (nSPS) is 11.4. The summed E-state index contributed by atoms with van der Waals surface area (Å²) in [6.45, 7) is 1.06. The van der Waals surface area contributed by atoms with Crippen LogP contribution in [-0.2, 0) is 17.8 Å². The van der Waals surface area contributed by atoms with Crippen molar-refractivity contribution in [3.63, 3.8) is 0 Å². The number of hydrogen-bond acceptors (Lipinski definition) is 4. The maximum Gasteiger partial charge on any atom is 0.573 e. The number of carbonyl (C=O) groups is 1. The van der Waals surface area contributed by atoms with E-state index in [4.69, 9.17) is 10.8 Å². The van der Waals surface area contributed by atoms with Crippen LogP contribution in [0.4, 0.5) is 13.2 Å². The van der Waals surface area contributed by atoms with Crippen LogP contribution in [0.1, 0.15) is 16.8 Å². The van der Waals surface area contributed by atoms with Gasteiger partial charge in [-0.25, -0.2) is 0 Å². The fourth-order valence-corrected chi connectivity index (χ4v) is 1.47. The highest BCUT2D eigenvalue weighted by Crippen LogP contribution is 2.30. The predicted octanol–water partition coefficient (Wildman–Crippen LogP) is 1.37. The molecule has 100 valence electrons. The van der Waals surface area contributed by atoms with Gasteiger partial charge in [0.05, 0.1) is 12.1 Å². The third-order valence-corrected chi connectivity index (χ3v) is 2.17. The number of carboxylic acids is 1. The monoisotopic (exact) mass is 264 g/mol. The van der Waals surface area contributed by atoms with E-state index < -0.39 is 24.5 Å². The van der Waals surface area contributed by atoms with Crippen LogP contribution in [0.25, 0.3) is 0 Å². The molecule has 0 spiro atoms. The van der Waals surface area contributed by atoms with Gasteiger partial charge >= 0.3 is 12.3 Å². The van der Waals surface area contributed by atoms with Crippen molar-refractivity contribution in [2.75, 3.05) is 0 Å². The van der Waals surface area contributed by atoms with E-state index in [2.05, 4.69) is 9.72 Å². The SMILES string of the molecule is Cc1ncc(CC(=O)O)c(CN)c1OC(F)(F)F. The van der Waals surface area contributed by atoms with Crippen LogP contribution in [-0.4, -0.2) is 22.4 Å². The molecule has 0 aliphatic rings. The quantitative estimate of drug-likeness (QED) is 0.857. The lowest BCUT2D eigenvalue weighted by Crippen LogP contribution is -2.21. The maximum absolute atomic E-state index is 12.2. The molecular formula is C10H11F3N2O3. The lowest BCUT2D eigenvalue weighted by Gasteiger charge is -2.16. The van der Waals surface area contributed by atoms with Crippen molar-refractivity contribution in [1.82, 2.24) is 4.98 Å². The minimum Gasteiger partial charge on any atom is -0.481 e. The van der Waals surface area contributed by atoms with Crippen LogP contribution >= 0.6 is 0 Å².